The molecule has 11 heteroatoms. The van der Waals surface area contributed by atoms with Crippen molar-refractivity contribution in [2.24, 2.45) is 5.73 Å². The van der Waals surface area contributed by atoms with Gasteiger partial charge >= 0.3 is 0 Å². The van der Waals surface area contributed by atoms with Crippen LogP contribution < -0.4 is 21.7 Å². The number of hydrogen-bond donors (Lipinski definition) is 3. The molecule has 0 fully saturated rings. The third-order valence-corrected chi connectivity index (χ3v) is 7.13. The number of carbonyl (C=O) groups excluding carboxylic acids is 3. The van der Waals surface area contributed by atoms with Gasteiger partial charge in [-0.3, -0.25) is 14.4 Å². The zero-order chi connectivity index (χ0) is 28.8. The zero-order valence-corrected chi connectivity index (χ0v) is 22.8. The Bertz CT molecular complexity index is 1490. The number of primary amides is 1. The molecule has 0 radical (unpaired) electrons. The molecule has 0 saturated carbocycles. The normalized spacial score (nSPS) is 11.5. The summed E-state index contributed by atoms with van der Waals surface area (Å²) < 4.78 is 17.6. The molecule has 4 aromatic rings. The summed E-state index contributed by atoms with van der Waals surface area (Å²) in [5.41, 5.74) is 14.0. The van der Waals surface area contributed by atoms with Crippen LogP contribution in [0.15, 0.2) is 78.9 Å². The second-order valence-electron chi connectivity index (χ2n) is 9.29. The summed E-state index contributed by atoms with van der Waals surface area (Å²) in [5, 5.41) is 2.93. The SMILES string of the molecule is CN(C)c1ccc([C@H](C(=O)NCc2ccccc2)N(Cc2ccc(F)cc2)C(=O)c2snc(C(N)=O)c2N)cc1. The molecule has 0 unspecified atom stereocenters. The van der Waals surface area contributed by atoms with Crippen LogP contribution in [0.1, 0.15) is 42.9 Å². The number of nitrogens with zero attached hydrogens (tertiary/aromatic N) is 3. The molecular formula is C29H29FN6O3S. The minimum absolute atomic E-state index is 0.0262. The fourth-order valence-corrected chi connectivity index (χ4v) is 4.90. The first-order chi connectivity index (χ1) is 19.2. The molecule has 0 aliphatic rings. The highest BCUT2D eigenvalue weighted by molar-refractivity contribution is 7.09. The van der Waals surface area contributed by atoms with Gasteiger partial charge in [0.05, 0.1) is 5.69 Å². The molecule has 4 rings (SSSR count). The Morgan fingerprint density at radius 1 is 0.950 bits per heavy atom. The minimum Gasteiger partial charge on any atom is -0.395 e. The maximum absolute atomic E-state index is 14.0. The second kappa shape index (κ2) is 12.4. The third kappa shape index (κ3) is 6.44. The summed E-state index contributed by atoms with van der Waals surface area (Å²) in [4.78, 5) is 42.9. The average Bonchev–Trinajstić information content (AvgIpc) is 3.34. The number of rotatable bonds is 10. The highest BCUT2D eigenvalue weighted by Crippen LogP contribution is 2.31. The van der Waals surface area contributed by atoms with Crippen LogP contribution in [0.3, 0.4) is 0 Å². The number of hydrogen-bond acceptors (Lipinski definition) is 7. The van der Waals surface area contributed by atoms with E-state index in [1.54, 1.807) is 12.1 Å². The minimum atomic E-state index is -1.10. The van der Waals surface area contributed by atoms with Crippen LogP contribution in [0.25, 0.3) is 0 Å². The lowest BCUT2D eigenvalue weighted by molar-refractivity contribution is -0.126. The molecule has 1 aromatic heterocycles. The van der Waals surface area contributed by atoms with E-state index in [2.05, 4.69) is 9.69 Å². The fourth-order valence-electron chi connectivity index (χ4n) is 4.14. The standard InChI is InChI=1S/C29H29FN6O3S/c1-35(2)22-14-10-20(11-15-22)25(28(38)33-16-18-6-4-3-5-7-18)36(17-19-8-12-21(30)13-9-19)29(39)26-23(31)24(27(32)37)34-40-26/h3-15,25H,16-17,31H2,1-2H3,(H2,32,37)(H,33,38)/t25-/m1/s1. The quantitative estimate of drug-likeness (QED) is 0.271. The number of anilines is 2. The van der Waals surface area contributed by atoms with Gasteiger partial charge in [0.1, 0.15) is 16.7 Å². The molecule has 1 heterocycles. The Kier molecular flexibility index (Phi) is 8.75. The van der Waals surface area contributed by atoms with Crippen molar-refractivity contribution in [2.75, 3.05) is 24.7 Å². The van der Waals surface area contributed by atoms with Gasteiger partial charge in [0.25, 0.3) is 11.8 Å². The van der Waals surface area contributed by atoms with Crippen LogP contribution in [-0.4, -0.2) is 41.1 Å². The molecule has 1 atom stereocenters. The van der Waals surface area contributed by atoms with E-state index in [-0.39, 0.29) is 29.3 Å². The number of amides is 3. The number of nitrogen functional groups attached to an aromatic ring is 1. The van der Waals surface area contributed by atoms with E-state index in [9.17, 15) is 18.8 Å². The van der Waals surface area contributed by atoms with Crippen LogP contribution in [0, 0.1) is 5.82 Å². The van der Waals surface area contributed by atoms with Crippen molar-refractivity contribution in [3.05, 3.63) is 112 Å². The van der Waals surface area contributed by atoms with Crippen molar-refractivity contribution in [2.45, 2.75) is 19.1 Å². The Balaban J connectivity index is 1.79. The number of nitrogens with two attached hydrogens (primary N) is 2. The van der Waals surface area contributed by atoms with Gasteiger partial charge in [-0.05, 0) is 52.5 Å². The maximum atomic E-state index is 14.0. The first-order valence-corrected chi connectivity index (χ1v) is 13.1. The van der Waals surface area contributed by atoms with Crippen LogP contribution in [0.5, 0.6) is 0 Å². The molecule has 3 amide bonds. The van der Waals surface area contributed by atoms with E-state index in [4.69, 9.17) is 11.5 Å². The molecule has 0 spiro atoms. The summed E-state index contributed by atoms with van der Waals surface area (Å²) >= 11 is 0.729. The third-order valence-electron chi connectivity index (χ3n) is 6.28. The summed E-state index contributed by atoms with van der Waals surface area (Å²) in [5.74, 6) is -2.36. The van der Waals surface area contributed by atoms with E-state index >= 15 is 0 Å². The van der Waals surface area contributed by atoms with E-state index in [0.717, 1.165) is 22.8 Å². The molecule has 5 N–H and O–H groups in total. The van der Waals surface area contributed by atoms with Crippen molar-refractivity contribution >= 4 is 40.6 Å². The van der Waals surface area contributed by atoms with Crippen molar-refractivity contribution in [1.29, 1.82) is 0 Å². The van der Waals surface area contributed by atoms with Gasteiger partial charge in [0.15, 0.2) is 5.69 Å². The molecule has 0 saturated heterocycles. The number of aromatic nitrogens is 1. The van der Waals surface area contributed by atoms with E-state index in [1.807, 2.05) is 61.5 Å². The number of nitrogens with one attached hydrogen (secondary N) is 1. The predicted octanol–water partition coefficient (Wildman–Crippen LogP) is 3.73. The Morgan fingerprint density at radius 2 is 1.60 bits per heavy atom. The van der Waals surface area contributed by atoms with Crippen LogP contribution in [-0.2, 0) is 17.9 Å². The van der Waals surface area contributed by atoms with Crippen LogP contribution in [0.2, 0.25) is 0 Å². The van der Waals surface area contributed by atoms with Gasteiger partial charge in [-0.1, -0.05) is 54.6 Å². The van der Waals surface area contributed by atoms with Gasteiger partial charge in [0.2, 0.25) is 5.91 Å². The Hall–Kier alpha value is -4.77. The van der Waals surface area contributed by atoms with E-state index in [0.29, 0.717) is 11.1 Å². The molecule has 0 bridgehead atoms. The fraction of sp³-hybridized carbons (Fsp3) is 0.172. The van der Waals surface area contributed by atoms with Crippen molar-refractivity contribution < 1.29 is 18.8 Å². The highest BCUT2D eigenvalue weighted by Gasteiger charge is 2.35. The maximum Gasteiger partial charge on any atom is 0.270 e. The monoisotopic (exact) mass is 560 g/mol. The van der Waals surface area contributed by atoms with Gasteiger partial charge in [-0.2, -0.15) is 4.37 Å². The van der Waals surface area contributed by atoms with Crippen molar-refractivity contribution in [3.8, 4) is 0 Å². The van der Waals surface area contributed by atoms with Crippen LogP contribution >= 0.6 is 11.5 Å². The van der Waals surface area contributed by atoms with Gasteiger partial charge in [-0.15, -0.1) is 0 Å². The van der Waals surface area contributed by atoms with Gasteiger partial charge < -0.3 is 26.6 Å². The summed E-state index contributed by atoms with van der Waals surface area (Å²) in [6.07, 6.45) is 0. The molecule has 3 aromatic carbocycles. The van der Waals surface area contributed by atoms with Crippen LogP contribution in [0.4, 0.5) is 15.8 Å². The van der Waals surface area contributed by atoms with Gasteiger partial charge in [0, 0.05) is 32.9 Å². The molecule has 40 heavy (non-hydrogen) atoms. The lowest BCUT2D eigenvalue weighted by Gasteiger charge is -2.31. The first kappa shape index (κ1) is 28.2. The average molecular weight is 561 g/mol. The summed E-state index contributed by atoms with van der Waals surface area (Å²) in [6.45, 7) is 0.181. The zero-order valence-electron chi connectivity index (χ0n) is 22.0. The number of halogens is 1. The smallest absolute Gasteiger partial charge is 0.270 e. The number of carbonyl (C=O) groups is 3. The lowest BCUT2D eigenvalue weighted by atomic mass is 10.0. The summed E-state index contributed by atoms with van der Waals surface area (Å²) in [6, 6.07) is 21.1. The molecule has 206 valence electrons. The molecule has 0 aliphatic heterocycles. The Morgan fingerprint density at radius 3 is 2.17 bits per heavy atom. The summed E-state index contributed by atoms with van der Waals surface area (Å²) in [7, 11) is 3.79. The topological polar surface area (TPSA) is 135 Å². The first-order valence-electron chi connectivity index (χ1n) is 12.3. The molecule has 9 nitrogen and oxygen atoms in total. The number of benzene rings is 3. The van der Waals surface area contributed by atoms with E-state index in [1.165, 1.54) is 29.2 Å². The molecule has 0 aliphatic carbocycles. The van der Waals surface area contributed by atoms with Crippen molar-refractivity contribution in [1.82, 2.24) is 14.6 Å². The second-order valence-corrected chi connectivity index (χ2v) is 10.1. The highest BCUT2D eigenvalue weighted by atomic mass is 32.1. The van der Waals surface area contributed by atoms with Crippen molar-refractivity contribution in [3.63, 3.8) is 0 Å². The molecular weight excluding hydrogens is 531 g/mol. The van der Waals surface area contributed by atoms with E-state index < -0.39 is 29.6 Å². The van der Waals surface area contributed by atoms with Gasteiger partial charge in [-0.25, -0.2) is 4.39 Å². The predicted molar refractivity (Wildman–Crippen MR) is 153 cm³/mol. The Labute approximate surface area is 235 Å². The lowest BCUT2D eigenvalue weighted by Crippen LogP contribution is -2.43. The largest absolute Gasteiger partial charge is 0.395 e.